The maximum Gasteiger partial charge on any atom is 0.0992 e. The molecule has 1 aliphatic rings. The fourth-order valence-electron chi connectivity index (χ4n) is 5.56. The van der Waals surface area contributed by atoms with Crippen LogP contribution in [0.25, 0.3) is 0 Å². The lowest BCUT2D eigenvalue weighted by Crippen LogP contribution is -2.37. The highest BCUT2D eigenvalue weighted by molar-refractivity contribution is 5.89. The van der Waals surface area contributed by atoms with Gasteiger partial charge in [-0.15, -0.1) is 0 Å². The van der Waals surface area contributed by atoms with Crippen LogP contribution in [-0.4, -0.2) is 0 Å². The Morgan fingerprint density at radius 2 is 0.917 bits per heavy atom. The fourth-order valence-corrected chi connectivity index (χ4v) is 5.56. The van der Waals surface area contributed by atoms with Crippen LogP contribution in [0, 0.1) is 22.7 Å². The van der Waals surface area contributed by atoms with Crippen LogP contribution in [-0.2, 0) is 5.41 Å². The second-order valence-corrected chi connectivity index (χ2v) is 8.84. The van der Waals surface area contributed by atoms with Gasteiger partial charge in [0.1, 0.15) is 0 Å². The number of hydrogen-bond acceptors (Lipinski definition) is 3. The molecule has 1 heterocycles. The summed E-state index contributed by atoms with van der Waals surface area (Å²) >= 11 is 0. The Balaban J connectivity index is 1.76. The highest BCUT2D eigenvalue weighted by Crippen LogP contribution is 2.57. The standard InChI is InChI=1S/C33H21N3/c34-22-24-19-25(23-35)21-28(20-24)36-31-17-9-7-15-29(31)33(26-11-3-1-4-12-26,27-13-5-2-6-14-27)30-16-8-10-18-32(30)36/h1-21H. The van der Waals surface area contributed by atoms with E-state index in [0.717, 1.165) is 28.2 Å². The molecular formula is C33H21N3. The van der Waals surface area contributed by atoms with Gasteiger partial charge in [-0.05, 0) is 52.6 Å². The zero-order valence-electron chi connectivity index (χ0n) is 19.5. The summed E-state index contributed by atoms with van der Waals surface area (Å²) in [4.78, 5) is 2.18. The van der Waals surface area contributed by atoms with Crippen molar-refractivity contribution in [3.05, 3.63) is 161 Å². The Morgan fingerprint density at radius 1 is 0.500 bits per heavy atom. The van der Waals surface area contributed by atoms with Crippen LogP contribution >= 0.6 is 0 Å². The third-order valence-electron chi connectivity index (χ3n) is 6.95. The van der Waals surface area contributed by atoms with E-state index in [1.54, 1.807) is 6.07 Å². The normalized spacial score (nSPS) is 13.1. The lowest BCUT2D eigenvalue weighted by Gasteiger charge is -2.46. The molecule has 168 valence electrons. The van der Waals surface area contributed by atoms with E-state index in [-0.39, 0.29) is 0 Å². The molecule has 5 aromatic carbocycles. The molecule has 3 nitrogen and oxygen atoms in total. The first-order chi connectivity index (χ1) is 17.8. The van der Waals surface area contributed by atoms with Crippen molar-refractivity contribution in [3.8, 4) is 12.1 Å². The number of para-hydroxylation sites is 2. The van der Waals surface area contributed by atoms with Gasteiger partial charge in [-0.3, -0.25) is 0 Å². The van der Waals surface area contributed by atoms with E-state index >= 15 is 0 Å². The minimum Gasteiger partial charge on any atom is -0.310 e. The largest absolute Gasteiger partial charge is 0.310 e. The van der Waals surface area contributed by atoms with Crippen LogP contribution in [0.15, 0.2) is 127 Å². The summed E-state index contributed by atoms with van der Waals surface area (Å²) < 4.78 is 0. The number of hydrogen-bond donors (Lipinski definition) is 0. The van der Waals surface area contributed by atoms with Crippen LogP contribution in [0.4, 0.5) is 17.1 Å². The number of nitriles is 2. The minimum atomic E-state index is -0.545. The molecule has 0 bridgehead atoms. The third-order valence-corrected chi connectivity index (χ3v) is 6.95. The van der Waals surface area contributed by atoms with E-state index in [1.165, 1.54) is 11.1 Å². The van der Waals surface area contributed by atoms with Gasteiger partial charge in [-0.25, -0.2) is 0 Å². The molecule has 0 saturated heterocycles. The van der Waals surface area contributed by atoms with E-state index < -0.39 is 5.41 Å². The Morgan fingerprint density at radius 3 is 1.36 bits per heavy atom. The molecule has 0 N–H and O–H groups in total. The van der Waals surface area contributed by atoms with E-state index in [1.807, 2.05) is 36.4 Å². The number of nitrogens with zero attached hydrogens (tertiary/aromatic N) is 3. The first kappa shape index (κ1) is 21.4. The molecule has 0 amide bonds. The smallest absolute Gasteiger partial charge is 0.0992 e. The summed E-state index contributed by atoms with van der Waals surface area (Å²) in [6.07, 6.45) is 0. The van der Waals surface area contributed by atoms with E-state index in [4.69, 9.17) is 0 Å². The average molecular weight is 460 g/mol. The summed E-state index contributed by atoms with van der Waals surface area (Å²) in [5.41, 5.74) is 7.84. The third kappa shape index (κ3) is 3.12. The van der Waals surface area contributed by atoms with Gasteiger partial charge in [-0.2, -0.15) is 10.5 Å². The molecule has 0 atom stereocenters. The van der Waals surface area contributed by atoms with E-state index in [2.05, 4.69) is 102 Å². The van der Waals surface area contributed by atoms with Gasteiger partial charge in [0.15, 0.2) is 0 Å². The molecule has 0 aromatic heterocycles. The number of anilines is 3. The van der Waals surface area contributed by atoms with Gasteiger partial charge in [0.25, 0.3) is 0 Å². The lowest BCUT2D eigenvalue weighted by atomic mass is 9.62. The Kier molecular flexibility index (Phi) is 5.11. The molecule has 0 radical (unpaired) electrons. The van der Waals surface area contributed by atoms with Gasteiger partial charge >= 0.3 is 0 Å². The highest BCUT2D eigenvalue weighted by atomic mass is 15.2. The molecule has 3 heteroatoms. The summed E-state index contributed by atoms with van der Waals surface area (Å²) in [6, 6.07) is 47.9. The monoisotopic (exact) mass is 459 g/mol. The quantitative estimate of drug-likeness (QED) is 0.274. The molecule has 0 spiro atoms. The maximum atomic E-state index is 9.67. The summed E-state index contributed by atoms with van der Waals surface area (Å²) in [6.45, 7) is 0. The Labute approximate surface area is 210 Å². The SMILES string of the molecule is N#Cc1cc(C#N)cc(N2c3ccccc3C(c3ccccc3)(c3ccccc3)c3ccccc32)c1. The van der Waals surface area contributed by atoms with Gasteiger partial charge in [0.05, 0.1) is 40.1 Å². The molecular weight excluding hydrogens is 438 g/mol. The first-order valence-corrected chi connectivity index (χ1v) is 11.8. The molecule has 0 unspecified atom stereocenters. The van der Waals surface area contributed by atoms with Crippen molar-refractivity contribution in [2.75, 3.05) is 4.90 Å². The zero-order chi connectivity index (χ0) is 24.5. The highest BCUT2D eigenvalue weighted by Gasteiger charge is 2.46. The number of benzene rings is 5. The summed E-state index contributed by atoms with van der Waals surface area (Å²) in [5, 5.41) is 19.3. The van der Waals surface area contributed by atoms with Crippen molar-refractivity contribution >= 4 is 17.1 Å². The topological polar surface area (TPSA) is 50.8 Å². The van der Waals surface area contributed by atoms with Crippen LogP contribution in [0.2, 0.25) is 0 Å². The van der Waals surface area contributed by atoms with Crippen LogP contribution in [0.5, 0.6) is 0 Å². The molecule has 36 heavy (non-hydrogen) atoms. The van der Waals surface area contributed by atoms with Gasteiger partial charge in [0, 0.05) is 5.69 Å². The van der Waals surface area contributed by atoms with E-state index in [9.17, 15) is 10.5 Å². The fraction of sp³-hybridized carbons (Fsp3) is 0.0303. The molecule has 0 aliphatic carbocycles. The summed E-state index contributed by atoms with van der Waals surface area (Å²) in [5.74, 6) is 0. The number of rotatable bonds is 3. The van der Waals surface area contributed by atoms with Gasteiger partial charge < -0.3 is 4.90 Å². The molecule has 0 fully saturated rings. The zero-order valence-corrected chi connectivity index (χ0v) is 19.5. The van der Waals surface area contributed by atoms with Crippen molar-refractivity contribution in [3.63, 3.8) is 0 Å². The van der Waals surface area contributed by atoms with Crippen LogP contribution in [0.1, 0.15) is 33.4 Å². The molecule has 6 rings (SSSR count). The van der Waals surface area contributed by atoms with Crippen LogP contribution in [0.3, 0.4) is 0 Å². The average Bonchev–Trinajstić information content (AvgIpc) is 2.96. The molecule has 1 aliphatic heterocycles. The van der Waals surface area contributed by atoms with Gasteiger partial charge in [-0.1, -0.05) is 97.1 Å². The maximum absolute atomic E-state index is 9.67. The van der Waals surface area contributed by atoms with Crippen LogP contribution < -0.4 is 4.90 Å². The van der Waals surface area contributed by atoms with Crippen molar-refractivity contribution < 1.29 is 0 Å². The molecule has 5 aromatic rings. The molecule has 0 saturated carbocycles. The lowest BCUT2D eigenvalue weighted by molar-refractivity contribution is 0.731. The van der Waals surface area contributed by atoms with Crippen molar-refractivity contribution in [1.82, 2.24) is 0 Å². The van der Waals surface area contributed by atoms with Crippen molar-refractivity contribution in [2.24, 2.45) is 0 Å². The number of fused-ring (bicyclic) bond motifs is 2. The Bertz CT molecular complexity index is 1540. The minimum absolute atomic E-state index is 0.460. The van der Waals surface area contributed by atoms with Crippen molar-refractivity contribution in [1.29, 1.82) is 10.5 Å². The van der Waals surface area contributed by atoms with E-state index in [0.29, 0.717) is 11.1 Å². The Hall–Kier alpha value is -5.12. The first-order valence-electron chi connectivity index (χ1n) is 11.8. The summed E-state index contributed by atoms with van der Waals surface area (Å²) in [7, 11) is 0. The van der Waals surface area contributed by atoms with Gasteiger partial charge in [0.2, 0.25) is 0 Å². The van der Waals surface area contributed by atoms with Crippen molar-refractivity contribution in [2.45, 2.75) is 5.41 Å². The predicted octanol–water partition coefficient (Wildman–Crippen LogP) is 7.60. The second kappa shape index (κ2) is 8.58. The second-order valence-electron chi connectivity index (χ2n) is 8.84. The predicted molar refractivity (Wildman–Crippen MR) is 142 cm³/mol.